The third-order valence-electron chi connectivity index (χ3n) is 2.39. The van der Waals surface area contributed by atoms with Gasteiger partial charge in [0.15, 0.2) is 4.67 Å². The first-order chi connectivity index (χ1) is 10.1. The van der Waals surface area contributed by atoms with E-state index in [2.05, 4.69) is 26.5 Å². The van der Waals surface area contributed by atoms with E-state index in [0.29, 0.717) is 27.6 Å². The van der Waals surface area contributed by atoms with Crippen molar-refractivity contribution in [1.29, 1.82) is 0 Å². The summed E-state index contributed by atoms with van der Waals surface area (Å²) in [5, 5.41) is 4.53. The van der Waals surface area contributed by atoms with Crippen LogP contribution >= 0.6 is 39.3 Å². The fraction of sp³-hybridized carbons (Fsp3) is 0.143. The Labute approximate surface area is 140 Å². The Morgan fingerprint density at radius 1 is 1.33 bits per heavy atom. The maximum absolute atomic E-state index is 11.6. The maximum atomic E-state index is 11.6. The number of hydrogen-bond acceptors (Lipinski definition) is 4. The van der Waals surface area contributed by atoms with E-state index in [1.807, 2.05) is 24.3 Å². The zero-order valence-electron chi connectivity index (χ0n) is 10.9. The summed E-state index contributed by atoms with van der Waals surface area (Å²) in [6, 6.07) is 11.0. The monoisotopic (exact) mass is 386 g/mol. The Kier molecular flexibility index (Phi) is 6.35. The van der Waals surface area contributed by atoms with Gasteiger partial charge in [0.25, 0.3) is 0 Å². The Morgan fingerprint density at radius 3 is 2.76 bits per heavy atom. The van der Waals surface area contributed by atoms with Crippen LogP contribution in [0.25, 0.3) is 0 Å². The third kappa shape index (κ3) is 5.95. The molecule has 0 aliphatic rings. The first-order valence-electron chi connectivity index (χ1n) is 6.09. The number of rotatable bonds is 6. The van der Waals surface area contributed by atoms with Gasteiger partial charge < -0.3 is 4.42 Å². The van der Waals surface area contributed by atoms with E-state index in [4.69, 9.17) is 16.0 Å². The Balaban J connectivity index is 1.68. The summed E-state index contributed by atoms with van der Waals surface area (Å²) in [6.45, 7) is 0. The van der Waals surface area contributed by atoms with Crippen LogP contribution in [-0.4, -0.2) is 17.9 Å². The molecule has 0 unspecified atom stereocenters. The van der Waals surface area contributed by atoms with Crippen LogP contribution < -0.4 is 5.43 Å². The van der Waals surface area contributed by atoms with Crippen LogP contribution in [0.1, 0.15) is 12.2 Å². The number of benzene rings is 1. The lowest BCUT2D eigenvalue weighted by atomic mass is 10.4. The van der Waals surface area contributed by atoms with E-state index >= 15 is 0 Å². The van der Waals surface area contributed by atoms with Crippen molar-refractivity contribution in [2.24, 2.45) is 5.10 Å². The number of furan rings is 1. The molecule has 0 fully saturated rings. The smallest absolute Gasteiger partial charge is 0.240 e. The highest BCUT2D eigenvalue weighted by Crippen LogP contribution is 2.20. The van der Waals surface area contributed by atoms with E-state index in [9.17, 15) is 4.79 Å². The molecule has 0 atom stereocenters. The minimum Gasteiger partial charge on any atom is -0.448 e. The van der Waals surface area contributed by atoms with Crippen LogP contribution in [-0.2, 0) is 4.79 Å². The largest absolute Gasteiger partial charge is 0.448 e. The van der Waals surface area contributed by atoms with Gasteiger partial charge >= 0.3 is 0 Å². The van der Waals surface area contributed by atoms with Gasteiger partial charge in [-0.3, -0.25) is 4.79 Å². The fourth-order valence-electron chi connectivity index (χ4n) is 1.41. The standard InChI is InChI=1S/C14H12BrClN2O2S/c15-13-6-3-11(20-13)9-17-18-14(19)7-8-21-12-4-1-10(16)2-5-12/h1-6,9H,7-8H2,(H,18,19)/b17-9-. The zero-order chi connectivity index (χ0) is 15.1. The third-order valence-corrected chi connectivity index (χ3v) is 4.08. The topological polar surface area (TPSA) is 54.6 Å². The number of halogens is 2. The van der Waals surface area contributed by atoms with Crippen molar-refractivity contribution in [2.45, 2.75) is 11.3 Å². The van der Waals surface area contributed by atoms with Crippen molar-refractivity contribution in [3.8, 4) is 0 Å². The molecule has 21 heavy (non-hydrogen) atoms. The molecule has 0 saturated heterocycles. The molecule has 0 spiro atoms. The predicted molar refractivity (Wildman–Crippen MR) is 88.9 cm³/mol. The highest BCUT2D eigenvalue weighted by molar-refractivity contribution is 9.10. The van der Waals surface area contributed by atoms with Crippen molar-refractivity contribution >= 4 is 51.4 Å². The minimum absolute atomic E-state index is 0.140. The lowest BCUT2D eigenvalue weighted by Crippen LogP contribution is -2.17. The first-order valence-corrected chi connectivity index (χ1v) is 8.25. The van der Waals surface area contributed by atoms with E-state index < -0.39 is 0 Å². The van der Waals surface area contributed by atoms with Crippen LogP contribution in [0, 0.1) is 0 Å². The number of thioether (sulfide) groups is 1. The molecule has 4 nitrogen and oxygen atoms in total. The van der Waals surface area contributed by atoms with Crippen LogP contribution in [0.15, 0.2) is 55.5 Å². The van der Waals surface area contributed by atoms with Crippen LogP contribution in [0.4, 0.5) is 0 Å². The highest BCUT2D eigenvalue weighted by atomic mass is 79.9. The van der Waals surface area contributed by atoms with E-state index in [1.165, 1.54) is 6.21 Å². The lowest BCUT2D eigenvalue weighted by Gasteiger charge is -2.01. The number of carbonyl (C=O) groups excluding carboxylic acids is 1. The summed E-state index contributed by atoms with van der Waals surface area (Å²) in [4.78, 5) is 12.7. The number of carbonyl (C=O) groups is 1. The molecule has 0 aliphatic heterocycles. The van der Waals surface area contributed by atoms with Crippen LogP contribution in [0.3, 0.4) is 0 Å². The number of nitrogens with one attached hydrogen (secondary N) is 1. The van der Waals surface area contributed by atoms with Gasteiger partial charge in [-0.2, -0.15) is 5.10 Å². The Morgan fingerprint density at radius 2 is 2.10 bits per heavy atom. The second-order valence-corrected chi connectivity index (χ2v) is 6.37. The molecule has 0 bridgehead atoms. The number of hydrogen-bond donors (Lipinski definition) is 1. The summed E-state index contributed by atoms with van der Waals surface area (Å²) in [7, 11) is 0. The molecule has 2 rings (SSSR count). The molecule has 0 radical (unpaired) electrons. The van der Waals surface area contributed by atoms with E-state index in [-0.39, 0.29) is 5.91 Å². The second-order valence-electron chi connectivity index (χ2n) is 3.99. The molecule has 2 aromatic rings. The van der Waals surface area contributed by atoms with Crippen LogP contribution in [0.2, 0.25) is 5.02 Å². The molecule has 1 amide bonds. The number of amides is 1. The van der Waals surface area contributed by atoms with Gasteiger partial charge in [-0.1, -0.05) is 11.6 Å². The predicted octanol–water partition coefficient (Wildman–Crippen LogP) is 4.33. The van der Waals surface area contributed by atoms with Gasteiger partial charge in [-0.05, 0) is 52.3 Å². The first kappa shape index (κ1) is 16.1. The molecular formula is C14H12BrClN2O2S. The van der Waals surface area contributed by atoms with Gasteiger partial charge in [0.05, 0.1) is 6.21 Å². The lowest BCUT2D eigenvalue weighted by molar-refractivity contribution is -0.120. The van der Waals surface area contributed by atoms with Crippen molar-refractivity contribution < 1.29 is 9.21 Å². The van der Waals surface area contributed by atoms with E-state index in [0.717, 1.165) is 4.90 Å². The van der Waals surface area contributed by atoms with Crippen molar-refractivity contribution in [1.82, 2.24) is 5.43 Å². The van der Waals surface area contributed by atoms with E-state index in [1.54, 1.807) is 23.9 Å². The molecule has 1 aromatic carbocycles. The molecule has 1 aromatic heterocycles. The van der Waals surface area contributed by atoms with Gasteiger partial charge in [0, 0.05) is 22.1 Å². The van der Waals surface area contributed by atoms with Gasteiger partial charge in [0.2, 0.25) is 5.91 Å². The number of hydrazone groups is 1. The summed E-state index contributed by atoms with van der Waals surface area (Å²) >= 11 is 10.6. The van der Waals surface area contributed by atoms with Crippen LogP contribution in [0.5, 0.6) is 0 Å². The Bertz CT molecular complexity index is 628. The highest BCUT2D eigenvalue weighted by Gasteiger charge is 2.01. The summed E-state index contributed by atoms with van der Waals surface area (Å²) < 4.78 is 5.84. The molecular weight excluding hydrogens is 376 g/mol. The Hall–Kier alpha value is -1.24. The number of nitrogens with zero attached hydrogens (tertiary/aromatic N) is 1. The average molecular weight is 388 g/mol. The normalized spacial score (nSPS) is 11.0. The summed E-state index contributed by atoms with van der Waals surface area (Å²) in [5.41, 5.74) is 2.46. The molecule has 0 saturated carbocycles. The quantitative estimate of drug-likeness (QED) is 0.456. The van der Waals surface area contributed by atoms with Gasteiger partial charge in [0.1, 0.15) is 5.76 Å². The van der Waals surface area contributed by atoms with Gasteiger partial charge in [-0.15, -0.1) is 11.8 Å². The molecule has 0 aliphatic carbocycles. The zero-order valence-corrected chi connectivity index (χ0v) is 14.0. The maximum Gasteiger partial charge on any atom is 0.240 e. The molecule has 1 N–H and O–H groups in total. The average Bonchev–Trinajstić information content (AvgIpc) is 2.87. The molecule has 1 heterocycles. The SMILES string of the molecule is O=C(CCSc1ccc(Cl)cc1)N/N=C\c1ccc(Br)o1. The van der Waals surface area contributed by atoms with Crippen molar-refractivity contribution in [2.75, 3.05) is 5.75 Å². The summed E-state index contributed by atoms with van der Waals surface area (Å²) in [6.07, 6.45) is 1.83. The minimum atomic E-state index is -0.140. The summed E-state index contributed by atoms with van der Waals surface area (Å²) in [5.74, 6) is 1.10. The fourth-order valence-corrected chi connectivity index (χ4v) is 2.71. The molecule has 7 heteroatoms. The second kappa shape index (κ2) is 8.26. The van der Waals surface area contributed by atoms with Crippen molar-refractivity contribution in [3.63, 3.8) is 0 Å². The van der Waals surface area contributed by atoms with Crippen molar-refractivity contribution in [3.05, 3.63) is 51.9 Å². The van der Waals surface area contributed by atoms with Gasteiger partial charge in [-0.25, -0.2) is 5.43 Å². The molecule has 110 valence electrons.